The molecule has 2 amide bonds. The summed E-state index contributed by atoms with van der Waals surface area (Å²) in [5.41, 5.74) is 2.41. The van der Waals surface area contributed by atoms with Crippen LogP contribution in [0.5, 0.6) is 0 Å². The monoisotopic (exact) mass is 408 g/mol. The van der Waals surface area contributed by atoms with Gasteiger partial charge < -0.3 is 10.2 Å². The van der Waals surface area contributed by atoms with Crippen LogP contribution in [-0.2, 0) is 9.59 Å². The molecular weight excluding hydrogens is 384 g/mol. The molecule has 7 heteroatoms. The molecule has 2 atom stereocenters. The van der Waals surface area contributed by atoms with Crippen LogP contribution in [0.4, 0.5) is 11.4 Å². The van der Waals surface area contributed by atoms with Gasteiger partial charge in [0.25, 0.3) is 0 Å². The zero-order valence-electron chi connectivity index (χ0n) is 16.8. The highest BCUT2D eigenvalue weighted by atomic mass is 32.1. The first-order chi connectivity index (χ1) is 13.9. The molecule has 2 heterocycles. The maximum absolute atomic E-state index is 13.3. The fourth-order valence-electron chi connectivity index (χ4n) is 3.65. The highest BCUT2D eigenvalue weighted by Crippen LogP contribution is 2.32. The van der Waals surface area contributed by atoms with Crippen LogP contribution < -0.4 is 10.2 Å². The molecule has 0 fully saturated rings. The molecule has 1 aliphatic rings. The summed E-state index contributed by atoms with van der Waals surface area (Å²) in [4.78, 5) is 33.9. The van der Waals surface area contributed by atoms with Crippen LogP contribution in [0.3, 0.4) is 0 Å². The second-order valence-electron chi connectivity index (χ2n) is 7.49. The maximum atomic E-state index is 13.3. The summed E-state index contributed by atoms with van der Waals surface area (Å²) >= 11 is 1.66. The Balaban J connectivity index is 1.55. The Bertz CT molecular complexity index is 1030. The van der Waals surface area contributed by atoms with E-state index in [1.54, 1.807) is 16.2 Å². The van der Waals surface area contributed by atoms with Gasteiger partial charge in [-0.3, -0.25) is 14.5 Å². The molecule has 1 aromatic heterocycles. The Hall–Kier alpha value is -2.77. The zero-order chi connectivity index (χ0) is 20.5. The van der Waals surface area contributed by atoms with Crippen molar-refractivity contribution in [2.24, 2.45) is 0 Å². The van der Waals surface area contributed by atoms with Crippen molar-refractivity contribution in [2.75, 3.05) is 23.8 Å². The average Bonchev–Trinajstić information content (AvgIpc) is 3.07. The number of nitrogens with zero attached hydrogens (tertiary/aromatic N) is 3. The third-order valence-electron chi connectivity index (χ3n) is 5.34. The lowest BCUT2D eigenvalue weighted by Crippen LogP contribution is -2.44. The van der Waals surface area contributed by atoms with Gasteiger partial charge in [-0.05, 0) is 45.2 Å². The largest absolute Gasteiger partial charge is 0.324 e. The van der Waals surface area contributed by atoms with Crippen molar-refractivity contribution in [1.29, 1.82) is 0 Å². The number of carbonyl (C=O) groups is 2. The first kappa shape index (κ1) is 19.5. The van der Waals surface area contributed by atoms with Crippen molar-refractivity contribution in [1.82, 2.24) is 9.88 Å². The third-order valence-corrected chi connectivity index (χ3v) is 6.55. The lowest BCUT2D eigenvalue weighted by atomic mass is 10.1. The van der Waals surface area contributed by atoms with E-state index in [1.165, 1.54) is 0 Å². The Morgan fingerprint density at radius 3 is 2.79 bits per heavy atom. The third kappa shape index (κ3) is 3.88. The number of rotatable bonds is 4. The van der Waals surface area contributed by atoms with Gasteiger partial charge in [0.1, 0.15) is 5.01 Å². The molecule has 3 aromatic rings. The smallest absolute Gasteiger partial charge is 0.241 e. The van der Waals surface area contributed by atoms with Gasteiger partial charge in [-0.2, -0.15) is 0 Å². The summed E-state index contributed by atoms with van der Waals surface area (Å²) in [6, 6.07) is 15.3. The molecule has 4 rings (SSSR count). The van der Waals surface area contributed by atoms with E-state index in [1.807, 2.05) is 61.3 Å². The van der Waals surface area contributed by atoms with Gasteiger partial charge in [-0.15, -0.1) is 11.3 Å². The van der Waals surface area contributed by atoms with Gasteiger partial charge in [0.05, 0.1) is 34.2 Å². The normalized spacial score (nSPS) is 17.7. The number of thiazole rings is 1. The average molecular weight is 409 g/mol. The van der Waals surface area contributed by atoms with E-state index < -0.39 is 0 Å². The zero-order valence-corrected chi connectivity index (χ0v) is 17.6. The van der Waals surface area contributed by atoms with Gasteiger partial charge in [-0.25, -0.2) is 4.98 Å². The van der Waals surface area contributed by atoms with Gasteiger partial charge in [0.15, 0.2) is 0 Å². The number of hydrogen-bond acceptors (Lipinski definition) is 5. The quantitative estimate of drug-likeness (QED) is 0.707. The molecule has 0 aliphatic carbocycles. The van der Waals surface area contributed by atoms with Crippen molar-refractivity contribution in [3.8, 4) is 0 Å². The lowest BCUT2D eigenvalue weighted by Gasteiger charge is -2.31. The summed E-state index contributed by atoms with van der Waals surface area (Å²) in [6.07, 6.45) is 0.275. The summed E-state index contributed by atoms with van der Waals surface area (Å²) in [5, 5.41) is 3.89. The highest BCUT2D eigenvalue weighted by Gasteiger charge is 2.31. The van der Waals surface area contributed by atoms with Crippen LogP contribution in [0.25, 0.3) is 10.2 Å². The van der Waals surface area contributed by atoms with Crippen molar-refractivity contribution < 1.29 is 9.59 Å². The Labute approximate surface area is 174 Å². The molecule has 6 nitrogen and oxygen atoms in total. The van der Waals surface area contributed by atoms with Crippen molar-refractivity contribution in [3.05, 3.63) is 53.5 Å². The molecule has 2 aromatic carbocycles. The first-order valence-electron chi connectivity index (χ1n) is 9.70. The van der Waals surface area contributed by atoms with Gasteiger partial charge in [-0.1, -0.05) is 24.3 Å². The number of carbonyl (C=O) groups excluding carboxylic acids is 2. The minimum absolute atomic E-state index is 0.00800. The SMILES string of the molecule is C[C@H](c1nc2ccccc2s1)N(C)CC(=O)N1c2ccccc2NC(=O)C[C@@H]1C. The van der Waals surface area contributed by atoms with E-state index >= 15 is 0 Å². The first-order valence-corrected chi connectivity index (χ1v) is 10.5. The summed E-state index contributed by atoms with van der Waals surface area (Å²) in [7, 11) is 1.94. The molecule has 0 unspecified atom stereocenters. The summed E-state index contributed by atoms with van der Waals surface area (Å²) in [5.74, 6) is -0.103. The van der Waals surface area contributed by atoms with Crippen LogP contribution in [-0.4, -0.2) is 41.3 Å². The number of fused-ring (bicyclic) bond motifs is 2. The number of para-hydroxylation sites is 3. The number of hydrogen-bond donors (Lipinski definition) is 1. The molecule has 0 spiro atoms. The van der Waals surface area contributed by atoms with Gasteiger partial charge in [0.2, 0.25) is 11.8 Å². The van der Waals surface area contributed by atoms with Gasteiger partial charge in [0, 0.05) is 12.5 Å². The van der Waals surface area contributed by atoms with Crippen molar-refractivity contribution >= 4 is 44.7 Å². The lowest BCUT2D eigenvalue weighted by molar-refractivity contribution is -0.120. The minimum Gasteiger partial charge on any atom is -0.324 e. The van der Waals surface area contributed by atoms with E-state index in [0.717, 1.165) is 20.9 Å². The predicted octanol–water partition coefficient (Wildman–Crippen LogP) is 4.05. The molecule has 1 N–H and O–H groups in total. The topological polar surface area (TPSA) is 65.5 Å². The number of amides is 2. The van der Waals surface area contributed by atoms with Crippen LogP contribution in [0, 0.1) is 0 Å². The standard InChI is InChI=1S/C22H24N4O2S/c1-14-12-20(27)23-16-8-4-6-10-18(16)26(14)21(28)13-25(3)15(2)22-24-17-9-5-7-11-19(17)29-22/h4-11,14-15H,12-13H2,1-3H3,(H,23,27)/t14-,15+/m0/s1. The number of likely N-dealkylation sites (N-methyl/N-ethyl adjacent to an activating group) is 1. The Kier molecular flexibility index (Phi) is 5.34. The fraction of sp³-hybridized carbons (Fsp3) is 0.318. The van der Waals surface area contributed by atoms with Crippen molar-refractivity contribution in [2.45, 2.75) is 32.4 Å². The number of nitrogens with one attached hydrogen (secondary N) is 1. The predicted molar refractivity (Wildman–Crippen MR) is 117 cm³/mol. The summed E-state index contributed by atoms with van der Waals surface area (Å²) < 4.78 is 1.15. The Morgan fingerprint density at radius 1 is 1.28 bits per heavy atom. The summed E-state index contributed by atoms with van der Waals surface area (Å²) in [6.45, 7) is 4.22. The maximum Gasteiger partial charge on any atom is 0.241 e. The number of anilines is 2. The molecule has 0 bridgehead atoms. The minimum atomic E-state index is -0.211. The molecule has 29 heavy (non-hydrogen) atoms. The molecular formula is C22H24N4O2S. The highest BCUT2D eigenvalue weighted by molar-refractivity contribution is 7.18. The number of aromatic nitrogens is 1. The van der Waals surface area contributed by atoms with Crippen molar-refractivity contribution in [3.63, 3.8) is 0 Å². The molecule has 150 valence electrons. The van der Waals surface area contributed by atoms with E-state index in [4.69, 9.17) is 4.98 Å². The second kappa shape index (κ2) is 7.93. The molecule has 1 aliphatic heterocycles. The molecule has 0 radical (unpaired) electrons. The van der Waals surface area contributed by atoms with Crippen LogP contribution in [0.2, 0.25) is 0 Å². The van der Waals surface area contributed by atoms with Gasteiger partial charge >= 0.3 is 0 Å². The van der Waals surface area contributed by atoms with Crippen LogP contribution >= 0.6 is 11.3 Å². The van der Waals surface area contributed by atoms with Crippen LogP contribution in [0.1, 0.15) is 31.3 Å². The van der Waals surface area contributed by atoms with E-state index in [0.29, 0.717) is 5.69 Å². The van der Waals surface area contributed by atoms with E-state index in [2.05, 4.69) is 18.3 Å². The molecule has 0 saturated heterocycles. The van der Waals surface area contributed by atoms with Crippen LogP contribution in [0.15, 0.2) is 48.5 Å². The fourth-order valence-corrected chi connectivity index (χ4v) is 4.74. The molecule has 0 saturated carbocycles. The Morgan fingerprint density at radius 2 is 2.00 bits per heavy atom. The number of benzene rings is 2. The second-order valence-corrected chi connectivity index (χ2v) is 8.56. The van der Waals surface area contributed by atoms with E-state index in [9.17, 15) is 9.59 Å². The van der Waals surface area contributed by atoms with E-state index in [-0.39, 0.29) is 36.9 Å².